The van der Waals surface area contributed by atoms with Crippen molar-refractivity contribution in [1.82, 2.24) is 9.80 Å². The van der Waals surface area contributed by atoms with Gasteiger partial charge in [-0.05, 0) is 12.8 Å². The van der Waals surface area contributed by atoms with Crippen molar-refractivity contribution in [2.24, 2.45) is 0 Å². The van der Waals surface area contributed by atoms with Crippen LogP contribution in [0.15, 0.2) is 0 Å². The van der Waals surface area contributed by atoms with Crippen LogP contribution in [-0.2, 0) is 47.6 Å². The first kappa shape index (κ1) is 48.6. The van der Waals surface area contributed by atoms with E-state index in [1.54, 1.807) is 0 Å². The fraction of sp³-hybridized carbons (Fsp3) is 0.875. The van der Waals surface area contributed by atoms with E-state index in [-0.39, 0.29) is 38.8 Å². The number of carbonyl (C=O) groups is 4. The number of carboxylic acids is 1. The van der Waals surface area contributed by atoms with Crippen molar-refractivity contribution in [3.63, 3.8) is 0 Å². The molecule has 3 rings (SSSR count). The first-order valence-corrected chi connectivity index (χ1v) is 18.1. The van der Waals surface area contributed by atoms with Crippen molar-refractivity contribution in [2.45, 2.75) is 118 Å². The molecule has 0 radical (unpaired) electrons. The number of carbonyl (C=O) groups excluding carboxylic acids is 3. The number of unbranched alkanes of at least 4 members (excludes halogenated alkanes) is 1. The Hall–Kier alpha value is -2.80. The molecule has 2 amide bonds. The molecule has 0 unspecified atom stereocenters. The van der Waals surface area contributed by atoms with Crippen molar-refractivity contribution in [1.29, 1.82) is 0 Å². The van der Waals surface area contributed by atoms with Crippen LogP contribution < -0.4 is 0 Å². The van der Waals surface area contributed by atoms with E-state index < -0.39 is 162 Å². The van der Waals surface area contributed by atoms with E-state index in [0.717, 1.165) is 4.90 Å². The SMILES string of the molecule is O=C(O)CN(CC(=O)N(CCO[C@H]1O[C@H](CO)[C@@H](O)[C@H](O)[C@@H]1O)CCO[C@@H]1O[C@@H](CO)[C@H](O)[C@@H](O)[C@H]1O)C(=O)CCCCC(=O)O[C@H]1O[C@H](CO)[C@@H](O)[C@H](O)[C@@H]1O. The van der Waals surface area contributed by atoms with Gasteiger partial charge in [0.2, 0.25) is 18.1 Å². The lowest BCUT2D eigenvalue weighted by molar-refractivity contribution is -0.303. The fourth-order valence-corrected chi connectivity index (χ4v) is 6.05. The van der Waals surface area contributed by atoms with E-state index in [4.69, 9.17) is 28.4 Å². The van der Waals surface area contributed by atoms with Gasteiger partial charge in [-0.1, -0.05) is 0 Å². The van der Waals surface area contributed by atoms with Gasteiger partial charge in [-0.3, -0.25) is 19.2 Å². The van der Waals surface area contributed by atoms with Gasteiger partial charge in [-0.25, -0.2) is 0 Å². The standard InChI is InChI=1S/C32H54N2O23/c35-11-14-21(43)24(46)27(49)30(54-14)52-7-5-33(6-8-53-31-28(50)25(47)22(44)15(12-36)55-31)18(39)9-34(10-19(40)41)17(38)3-1-2-4-20(42)57-32-29(51)26(48)23(45)16(13-37)56-32/h14-16,21-32,35-37,43-51H,1-13H2,(H,40,41)/t14-,15+,16-,21-,22+,23-,24+,25-,26+,27+,28-,29+,30+,31-,32-/m1/s1. The Morgan fingerprint density at radius 3 is 1.32 bits per heavy atom. The lowest BCUT2D eigenvalue weighted by Crippen LogP contribution is -2.59. The first-order valence-electron chi connectivity index (χ1n) is 18.1. The Morgan fingerprint density at radius 1 is 0.491 bits per heavy atom. The van der Waals surface area contributed by atoms with E-state index in [1.807, 2.05) is 0 Å². The summed E-state index contributed by atoms with van der Waals surface area (Å²) < 4.78 is 31.6. The van der Waals surface area contributed by atoms with E-state index in [0.29, 0.717) is 4.90 Å². The molecular weight excluding hydrogens is 780 g/mol. The summed E-state index contributed by atoms with van der Waals surface area (Å²) in [7, 11) is 0. The average molecular weight is 835 g/mol. The second-order valence-corrected chi connectivity index (χ2v) is 13.6. The third kappa shape index (κ3) is 13.4. The van der Waals surface area contributed by atoms with Crippen molar-refractivity contribution in [3.05, 3.63) is 0 Å². The molecule has 3 aliphatic rings. The van der Waals surface area contributed by atoms with Crippen LogP contribution >= 0.6 is 0 Å². The number of hydrogen-bond donors (Lipinski definition) is 13. The lowest BCUT2D eigenvalue weighted by atomic mass is 9.99. The normalized spacial score (nSPS) is 35.7. The number of esters is 1. The Balaban J connectivity index is 1.61. The van der Waals surface area contributed by atoms with Crippen LogP contribution in [0, 0.1) is 0 Å². The number of carboxylic acid groups (broad SMARTS) is 1. The number of nitrogens with zero attached hydrogens (tertiary/aromatic N) is 2. The molecule has 0 aliphatic carbocycles. The molecule has 0 saturated carbocycles. The number of rotatable bonds is 21. The number of aliphatic hydroxyl groups excluding tert-OH is 12. The van der Waals surface area contributed by atoms with Gasteiger partial charge in [0.05, 0.1) is 33.0 Å². The Kier molecular flexibility index (Phi) is 19.7. The highest BCUT2D eigenvalue weighted by Gasteiger charge is 2.47. The highest BCUT2D eigenvalue weighted by molar-refractivity contribution is 5.87. The zero-order valence-electron chi connectivity index (χ0n) is 30.6. The summed E-state index contributed by atoms with van der Waals surface area (Å²) in [5, 5.41) is 128. The van der Waals surface area contributed by atoms with Crippen LogP contribution in [0.1, 0.15) is 25.7 Å². The van der Waals surface area contributed by atoms with E-state index >= 15 is 0 Å². The predicted octanol–water partition coefficient (Wildman–Crippen LogP) is -8.74. The molecule has 0 aromatic heterocycles. The van der Waals surface area contributed by atoms with Crippen LogP contribution in [-0.4, -0.2) is 251 Å². The topological polar surface area (TPSA) is 393 Å². The number of aliphatic hydroxyl groups is 12. The van der Waals surface area contributed by atoms with E-state index in [9.17, 15) is 85.6 Å². The third-order valence-electron chi connectivity index (χ3n) is 9.46. The van der Waals surface area contributed by atoms with Crippen LogP contribution in [0.5, 0.6) is 0 Å². The highest BCUT2D eigenvalue weighted by Crippen LogP contribution is 2.25. The maximum absolute atomic E-state index is 13.6. The molecule has 3 saturated heterocycles. The summed E-state index contributed by atoms with van der Waals surface area (Å²) in [6, 6.07) is 0. The maximum atomic E-state index is 13.6. The minimum absolute atomic E-state index is 0.00639. The summed E-state index contributed by atoms with van der Waals surface area (Å²) in [5.74, 6) is -4.11. The molecule has 330 valence electrons. The van der Waals surface area contributed by atoms with Gasteiger partial charge >= 0.3 is 11.9 Å². The minimum Gasteiger partial charge on any atom is -0.480 e. The molecule has 0 bridgehead atoms. The van der Waals surface area contributed by atoms with Crippen LogP contribution in [0.2, 0.25) is 0 Å². The predicted molar refractivity (Wildman–Crippen MR) is 179 cm³/mol. The van der Waals surface area contributed by atoms with Crippen molar-refractivity contribution in [2.75, 3.05) is 59.2 Å². The van der Waals surface area contributed by atoms with Crippen LogP contribution in [0.4, 0.5) is 0 Å². The quantitative estimate of drug-likeness (QED) is 0.0377. The summed E-state index contributed by atoms with van der Waals surface area (Å²) in [5.41, 5.74) is 0. The van der Waals surface area contributed by atoms with Gasteiger partial charge in [-0.15, -0.1) is 0 Å². The molecule has 15 atom stereocenters. The lowest BCUT2D eigenvalue weighted by Gasteiger charge is -2.40. The van der Waals surface area contributed by atoms with Gasteiger partial charge in [-0.2, -0.15) is 0 Å². The summed E-state index contributed by atoms with van der Waals surface area (Å²) >= 11 is 0. The van der Waals surface area contributed by atoms with E-state index in [1.165, 1.54) is 0 Å². The monoisotopic (exact) mass is 834 g/mol. The first-order chi connectivity index (χ1) is 26.9. The molecule has 25 heteroatoms. The highest BCUT2D eigenvalue weighted by atomic mass is 16.7. The average Bonchev–Trinajstić information content (AvgIpc) is 3.18. The summed E-state index contributed by atoms with van der Waals surface area (Å²) in [4.78, 5) is 52.4. The molecule has 13 N–H and O–H groups in total. The number of amides is 2. The molecule has 0 spiro atoms. The molecule has 0 aromatic rings. The molecule has 3 aliphatic heterocycles. The van der Waals surface area contributed by atoms with Gasteiger partial charge in [0.15, 0.2) is 12.6 Å². The van der Waals surface area contributed by atoms with Gasteiger partial charge in [0.1, 0.15) is 86.3 Å². The van der Waals surface area contributed by atoms with Crippen molar-refractivity contribution in [3.8, 4) is 0 Å². The molecule has 3 fully saturated rings. The minimum atomic E-state index is -1.83. The van der Waals surface area contributed by atoms with Crippen LogP contribution in [0.3, 0.4) is 0 Å². The van der Waals surface area contributed by atoms with Crippen molar-refractivity contribution < 1.29 is 114 Å². The van der Waals surface area contributed by atoms with Gasteiger partial charge in [0.25, 0.3) is 0 Å². The van der Waals surface area contributed by atoms with Crippen LogP contribution in [0.25, 0.3) is 0 Å². The fourth-order valence-electron chi connectivity index (χ4n) is 6.05. The van der Waals surface area contributed by atoms with Gasteiger partial charge < -0.3 is 105 Å². The number of hydrogen-bond acceptors (Lipinski definition) is 22. The third-order valence-corrected chi connectivity index (χ3v) is 9.46. The molecule has 3 heterocycles. The molecule has 0 aromatic carbocycles. The van der Waals surface area contributed by atoms with Gasteiger partial charge in [0, 0.05) is 25.9 Å². The maximum Gasteiger partial charge on any atom is 0.323 e. The second-order valence-electron chi connectivity index (χ2n) is 13.6. The van der Waals surface area contributed by atoms with E-state index in [2.05, 4.69) is 0 Å². The largest absolute Gasteiger partial charge is 0.480 e. The number of aliphatic carboxylic acids is 1. The Labute approximate surface area is 324 Å². The number of ether oxygens (including phenoxy) is 6. The summed E-state index contributed by atoms with van der Waals surface area (Å²) in [6.45, 7) is -5.60. The summed E-state index contributed by atoms with van der Waals surface area (Å²) in [6.07, 6.45) is -25.2. The molecule has 25 nitrogen and oxygen atoms in total. The Morgan fingerprint density at radius 2 is 0.895 bits per heavy atom. The van der Waals surface area contributed by atoms with Crippen molar-refractivity contribution >= 4 is 23.8 Å². The molecular formula is C32H54N2O23. The smallest absolute Gasteiger partial charge is 0.323 e. The second kappa shape index (κ2) is 23.1. The molecule has 57 heavy (non-hydrogen) atoms. The Bertz CT molecular complexity index is 1230. The zero-order valence-corrected chi connectivity index (χ0v) is 30.6. The zero-order chi connectivity index (χ0) is 42.6.